The van der Waals surface area contributed by atoms with Crippen molar-refractivity contribution < 1.29 is 27.5 Å². The SMILES string of the molecule is CCC(=O)N[C@@H](NC)C(=O)Nc1nc2ccc(OC(F)(F)F)cc2s1. The van der Waals surface area contributed by atoms with Crippen LogP contribution in [-0.4, -0.2) is 36.4 Å². The van der Waals surface area contributed by atoms with Crippen LogP contribution in [0.25, 0.3) is 10.2 Å². The lowest BCUT2D eigenvalue weighted by atomic mass is 10.3. The summed E-state index contributed by atoms with van der Waals surface area (Å²) in [6.07, 6.45) is -5.52. The number of nitrogens with zero attached hydrogens (tertiary/aromatic N) is 1. The Labute approximate surface area is 144 Å². The van der Waals surface area contributed by atoms with E-state index in [2.05, 4.69) is 25.7 Å². The zero-order valence-electron chi connectivity index (χ0n) is 13.2. The highest BCUT2D eigenvalue weighted by Gasteiger charge is 2.31. The number of hydrogen-bond acceptors (Lipinski definition) is 6. The van der Waals surface area contributed by atoms with Gasteiger partial charge in [0.15, 0.2) is 11.3 Å². The third-order valence-corrected chi connectivity index (χ3v) is 3.93. The van der Waals surface area contributed by atoms with E-state index in [0.29, 0.717) is 10.2 Å². The summed E-state index contributed by atoms with van der Waals surface area (Å²) in [6.45, 7) is 1.65. The lowest BCUT2D eigenvalue weighted by Gasteiger charge is -2.16. The molecular formula is C14H15F3N4O3S. The third-order valence-electron chi connectivity index (χ3n) is 3.00. The van der Waals surface area contributed by atoms with Gasteiger partial charge in [-0.25, -0.2) is 4.98 Å². The topological polar surface area (TPSA) is 92.4 Å². The van der Waals surface area contributed by atoms with E-state index in [1.54, 1.807) is 6.92 Å². The van der Waals surface area contributed by atoms with Crippen LogP contribution in [0.1, 0.15) is 13.3 Å². The van der Waals surface area contributed by atoms with Gasteiger partial charge in [0.05, 0.1) is 10.2 Å². The van der Waals surface area contributed by atoms with Crippen molar-refractivity contribution in [2.45, 2.75) is 25.9 Å². The van der Waals surface area contributed by atoms with Gasteiger partial charge in [-0.1, -0.05) is 18.3 Å². The molecule has 2 rings (SSSR count). The van der Waals surface area contributed by atoms with Gasteiger partial charge in [-0.15, -0.1) is 13.2 Å². The van der Waals surface area contributed by atoms with Crippen molar-refractivity contribution >= 4 is 38.5 Å². The molecule has 0 spiro atoms. The summed E-state index contributed by atoms with van der Waals surface area (Å²) >= 11 is 0.987. The normalized spacial score (nSPS) is 12.7. The number of amides is 2. The van der Waals surface area contributed by atoms with Gasteiger partial charge >= 0.3 is 6.36 Å². The summed E-state index contributed by atoms with van der Waals surface area (Å²) in [5.41, 5.74) is 0.411. The van der Waals surface area contributed by atoms with Gasteiger partial charge in [-0.3, -0.25) is 20.2 Å². The molecular weight excluding hydrogens is 361 g/mol. The lowest BCUT2D eigenvalue weighted by molar-refractivity contribution is -0.274. The number of fused-ring (bicyclic) bond motifs is 1. The first-order chi connectivity index (χ1) is 11.7. The molecule has 2 amide bonds. The molecule has 7 nitrogen and oxygen atoms in total. The first-order valence-electron chi connectivity index (χ1n) is 7.15. The summed E-state index contributed by atoms with van der Waals surface area (Å²) in [5, 5.41) is 7.82. The molecule has 0 saturated carbocycles. The first-order valence-corrected chi connectivity index (χ1v) is 7.97. The Bertz CT molecular complexity index is 778. The number of rotatable bonds is 6. The maximum absolute atomic E-state index is 12.2. The van der Waals surface area contributed by atoms with Crippen LogP contribution >= 0.6 is 11.3 Å². The van der Waals surface area contributed by atoms with Gasteiger partial charge in [-0.05, 0) is 19.2 Å². The monoisotopic (exact) mass is 376 g/mol. The smallest absolute Gasteiger partial charge is 0.406 e. The highest BCUT2D eigenvalue weighted by atomic mass is 32.1. The third kappa shape index (κ3) is 5.29. The number of thiazole rings is 1. The van der Waals surface area contributed by atoms with Crippen LogP contribution in [0.4, 0.5) is 18.3 Å². The molecule has 2 aromatic rings. The van der Waals surface area contributed by atoms with Crippen LogP contribution in [0.2, 0.25) is 0 Å². The molecule has 1 aromatic carbocycles. The number of ether oxygens (including phenoxy) is 1. The Morgan fingerprint density at radius 3 is 2.68 bits per heavy atom. The van der Waals surface area contributed by atoms with Crippen LogP contribution in [0, 0.1) is 0 Å². The van der Waals surface area contributed by atoms with Gasteiger partial charge < -0.3 is 10.1 Å². The second kappa shape index (κ2) is 7.66. The number of carbonyl (C=O) groups excluding carboxylic acids is 2. The number of carbonyl (C=O) groups is 2. The first kappa shape index (κ1) is 18.9. The molecule has 11 heteroatoms. The zero-order valence-corrected chi connectivity index (χ0v) is 14.0. The van der Waals surface area contributed by atoms with Crippen molar-refractivity contribution in [3.05, 3.63) is 18.2 Å². The van der Waals surface area contributed by atoms with Gasteiger partial charge in [0, 0.05) is 12.5 Å². The molecule has 1 aromatic heterocycles. The average Bonchev–Trinajstić information content (AvgIpc) is 2.91. The van der Waals surface area contributed by atoms with Crippen molar-refractivity contribution in [3.63, 3.8) is 0 Å². The number of benzene rings is 1. The van der Waals surface area contributed by atoms with Crippen LogP contribution in [0.3, 0.4) is 0 Å². The number of likely N-dealkylation sites (N-methyl/N-ethyl adjacent to an activating group) is 1. The van der Waals surface area contributed by atoms with E-state index in [1.807, 2.05) is 0 Å². The average molecular weight is 376 g/mol. The minimum Gasteiger partial charge on any atom is -0.406 e. The second-order valence-electron chi connectivity index (χ2n) is 4.83. The van der Waals surface area contributed by atoms with E-state index in [0.717, 1.165) is 17.4 Å². The van der Waals surface area contributed by atoms with E-state index in [9.17, 15) is 22.8 Å². The molecule has 0 bridgehead atoms. The van der Waals surface area contributed by atoms with E-state index < -0.39 is 18.4 Å². The molecule has 0 fully saturated rings. The van der Waals surface area contributed by atoms with E-state index >= 15 is 0 Å². The number of hydrogen-bond donors (Lipinski definition) is 3. The number of aromatic nitrogens is 1. The van der Waals surface area contributed by atoms with Crippen molar-refractivity contribution in [3.8, 4) is 5.75 Å². The maximum Gasteiger partial charge on any atom is 0.573 e. The molecule has 0 aliphatic carbocycles. The Hall–Kier alpha value is -2.40. The quantitative estimate of drug-likeness (QED) is 0.673. The largest absolute Gasteiger partial charge is 0.573 e. The molecule has 0 unspecified atom stereocenters. The number of alkyl halides is 3. The summed E-state index contributed by atoms with van der Waals surface area (Å²) in [7, 11) is 1.50. The van der Waals surface area contributed by atoms with Gasteiger partial charge in [0.1, 0.15) is 5.75 Å². The Morgan fingerprint density at radius 1 is 1.36 bits per heavy atom. The fourth-order valence-electron chi connectivity index (χ4n) is 1.86. The van der Waals surface area contributed by atoms with Gasteiger partial charge in [-0.2, -0.15) is 0 Å². The summed E-state index contributed by atoms with van der Waals surface area (Å²) in [4.78, 5) is 27.6. The molecule has 3 N–H and O–H groups in total. The van der Waals surface area contributed by atoms with Crippen LogP contribution in [0.5, 0.6) is 5.75 Å². The Balaban J connectivity index is 2.13. The molecule has 25 heavy (non-hydrogen) atoms. The van der Waals surface area contributed by atoms with Crippen LogP contribution in [0.15, 0.2) is 18.2 Å². The minimum atomic E-state index is -4.78. The second-order valence-corrected chi connectivity index (χ2v) is 5.86. The zero-order chi connectivity index (χ0) is 18.6. The van der Waals surface area contributed by atoms with Crippen molar-refractivity contribution in [1.29, 1.82) is 0 Å². The minimum absolute atomic E-state index is 0.190. The maximum atomic E-state index is 12.2. The van der Waals surface area contributed by atoms with Crippen LogP contribution in [-0.2, 0) is 9.59 Å². The molecule has 0 aliphatic heterocycles. The highest BCUT2D eigenvalue weighted by Crippen LogP contribution is 2.31. The van der Waals surface area contributed by atoms with Crippen molar-refractivity contribution in [2.75, 3.05) is 12.4 Å². The van der Waals surface area contributed by atoms with E-state index in [1.165, 1.54) is 19.2 Å². The molecule has 0 radical (unpaired) electrons. The van der Waals surface area contributed by atoms with E-state index in [4.69, 9.17) is 0 Å². The predicted octanol–water partition coefficient (Wildman–Crippen LogP) is 2.21. The lowest BCUT2D eigenvalue weighted by Crippen LogP contribution is -2.51. The standard InChI is InChI=1S/C14H15F3N4O3S/c1-3-10(22)20-11(18-2)12(23)21-13-19-8-5-4-7(6-9(8)25-13)24-14(15,16)17/h4-6,11,18H,3H2,1-2H3,(H,20,22)(H,19,21,23)/t11-/m1/s1. The molecule has 1 atom stereocenters. The number of halogens is 3. The van der Waals surface area contributed by atoms with Crippen molar-refractivity contribution in [2.24, 2.45) is 0 Å². The summed E-state index contributed by atoms with van der Waals surface area (Å²) in [6, 6.07) is 3.68. The van der Waals surface area contributed by atoms with E-state index in [-0.39, 0.29) is 23.2 Å². The van der Waals surface area contributed by atoms with Gasteiger partial charge in [0.2, 0.25) is 5.91 Å². The number of nitrogens with one attached hydrogen (secondary N) is 3. The Morgan fingerprint density at radius 2 is 2.08 bits per heavy atom. The number of anilines is 1. The fourth-order valence-corrected chi connectivity index (χ4v) is 2.76. The van der Waals surface area contributed by atoms with Gasteiger partial charge in [0.25, 0.3) is 5.91 Å². The van der Waals surface area contributed by atoms with Crippen molar-refractivity contribution in [1.82, 2.24) is 15.6 Å². The highest BCUT2D eigenvalue weighted by molar-refractivity contribution is 7.22. The van der Waals surface area contributed by atoms with Crippen LogP contribution < -0.4 is 20.7 Å². The molecule has 136 valence electrons. The summed E-state index contributed by atoms with van der Waals surface area (Å²) in [5.74, 6) is -1.23. The summed E-state index contributed by atoms with van der Waals surface area (Å²) < 4.78 is 41.0. The molecule has 0 saturated heterocycles. The Kier molecular flexibility index (Phi) is 5.80. The predicted molar refractivity (Wildman–Crippen MR) is 86.2 cm³/mol. The molecule has 1 heterocycles. The molecule has 0 aliphatic rings. The fraction of sp³-hybridized carbons (Fsp3) is 0.357.